The number of rotatable bonds is 7. The van der Waals surface area contributed by atoms with Gasteiger partial charge in [-0.2, -0.15) is 0 Å². The van der Waals surface area contributed by atoms with Gasteiger partial charge in [-0.05, 0) is 43.7 Å². The predicted octanol–water partition coefficient (Wildman–Crippen LogP) is 3.67. The fourth-order valence-electron chi connectivity index (χ4n) is 3.68. The minimum absolute atomic E-state index is 0.175. The molecule has 2 aliphatic rings. The van der Waals surface area contributed by atoms with Crippen LogP contribution in [-0.2, 0) is 16.1 Å². The van der Waals surface area contributed by atoms with Crippen LogP contribution in [0.25, 0.3) is 11.0 Å². The summed E-state index contributed by atoms with van der Waals surface area (Å²) in [5, 5.41) is 10.8. The molecule has 0 spiro atoms. The van der Waals surface area contributed by atoms with E-state index in [1.165, 1.54) is 15.9 Å². The van der Waals surface area contributed by atoms with Gasteiger partial charge in [-0.1, -0.05) is 60.7 Å². The maximum absolute atomic E-state index is 13.1. The maximum atomic E-state index is 13.1. The van der Waals surface area contributed by atoms with Crippen LogP contribution in [0, 0.1) is 0 Å². The van der Waals surface area contributed by atoms with E-state index in [2.05, 4.69) is 11.8 Å². The molecule has 1 saturated heterocycles. The molecule has 1 aromatic carbocycles. The lowest BCUT2D eigenvalue weighted by Crippen LogP contribution is -2.35. The molecule has 7 nitrogen and oxygen atoms in total. The second kappa shape index (κ2) is 10.9. The lowest BCUT2D eigenvalue weighted by Gasteiger charge is -2.20. The van der Waals surface area contributed by atoms with Crippen LogP contribution in [0.3, 0.4) is 0 Å². The number of carbonyl (C=O) groups is 2. The lowest BCUT2D eigenvalue weighted by atomic mass is 10.2. The van der Waals surface area contributed by atoms with E-state index in [0.29, 0.717) is 20.8 Å². The van der Waals surface area contributed by atoms with Gasteiger partial charge in [0, 0.05) is 23.0 Å². The van der Waals surface area contributed by atoms with Crippen LogP contribution in [0.2, 0.25) is 5.02 Å². The van der Waals surface area contributed by atoms with Crippen molar-refractivity contribution in [3.8, 4) is 0 Å². The number of unbranched alkanes of at least 4 members (excludes halogenated alkanes) is 1. The molecule has 2 aliphatic heterocycles. The van der Waals surface area contributed by atoms with E-state index in [-0.39, 0.29) is 14.8 Å². The monoisotopic (exact) mass is 567 g/mol. The molecule has 2 aromatic rings. The van der Waals surface area contributed by atoms with E-state index in [4.69, 9.17) is 28.9 Å². The van der Waals surface area contributed by atoms with E-state index < -0.39 is 18.4 Å². The SMILES string of the molecule is CCCCN1C(=CC=c2sc(=C3SC(=S)N(CC(=O)O)C3=O)n(CC)c2=O)Sc2ccc(Cl)cc21. The number of aliphatic carboxylic acids is 1. The Bertz CT molecular complexity index is 1430. The molecule has 3 heterocycles. The summed E-state index contributed by atoms with van der Waals surface area (Å²) in [7, 11) is 0. The number of amides is 1. The highest BCUT2D eigenvalue weighted by Gasteiger charge is 2.35. The van der Waals surface area contributed by atoms with Gasteiger partial charge in [-0.25, -0.2) is 0 Å². The van der Waals surface area contributed by atoms with Crippen LogP contribution >= 0.6 is 58.7 Å². The normalized spacial score (nSPS) is 18.8. The molecule has 35 heavy (non-hydrogen) atoms. The van der Waals surface area contributed by atoms with E-state index in [9.17, 15) is 14.4 Å². The summed E-state index contributed by atoms with van der Waals surface area (Å²) in [5.41, 5.74) is 0.862. The fourth-order valence-corrected chi connectivity index (χ4v) is 7.44. The molecular formula is C23H22ClN3O4S4. The van der Waals surface area contributed by atoms with Crippen LogP contribution < -0.4 is 19.7 Å². The molecule has 0 atom stereocenters. The Morgan fingerprint density at radius 3 is 2.63 bits per heavy atom. The van der Waals surface area contributed by atoms with E-state index in [1.54, 1.807) is 17.8 Å². The molecule has 184 valence electrons. The number of thiazole rings is 1. The number of thioether (sulfide) groups is 2. The number of allylic oxidation sites excluding steroid dienone is 1. The molecule has 0 radical (unpaired) electrons. The summed E-state index contributed by atoms with van der Waals surface area (Å²) in [6, 6.07) is 5.83. The van der Waals surface area contributed by atoms with Gasteiger partial charge in [0.25, 0.3) is 11.5 Å². The van der Waals surface area contributed by atoms with Crippen LogP contribution in [0.4, 0.5) is 5.69 Å². The lowest BCUT2D eigenvalue weighted by molar-refractivity contribution is -0.140. The number of benzene rings is 1. The molecule has 1 amide bonds. The molecule has 12 heteroatoms. The first kappa shape index (κ1) is 26.0. The zero-order valence-corrected chi connectivity index (χ0v) is 23.0. The Kier molecular flexibility index (Phi) is 8.12. The van der Waals surface area contributed by atoms with Crippen molar-refractivity contribution in [1.82, 2.24) is 9.47 Å². The third kappa shape index (κ3) is 5.24. The minimum Gasteiger partial charge on any atom is -0.480 e. The second-order valence-corrected chi connectivity index (χ2v) is 11.9. The predicted molar refractivity (Wildman–Crippen MR) is 149 cm³/mol. The van der Waals surface area contributed by atoms with Crippen molar-refractivity contribution >= 4 is 91.5 Å². The highest BCUT2D eigenvalue weighted by Crippen LogP contribution is 2.47. The Morgan fingerprint density at radius 1 is 1.17 bits per heavy atom. The Balaban J connectivity index is 1.77. The summed E-state index contributed by atoms with van der Waals surface area (Å²) in [4.78, 5) is 41.8. The summed E-state index contributed by atoms with van der Waals surface area (Å²) in [5.74, 6) is -1.63. The number of carbonyl (C=O) groups excluding carboxylic acids is 1. The summed E-state index contributed by atoms with van der Waals surface area (Å²) in [6.45, 7) is 4.68. The molecule has 4 rings (SSSR count). The van der Waals surface area contributed by atoms with Crippen LogP contribution in [-0.4, -0.2) is 43.9 Å². The third-order valence-electron chi connectivity index (χ3n) is 5.37. The van der Waals surface area contributed by atoms with Crippen molar-refractivity contribution in [1.29, 1.82) is 0 Å². The fraction of sp³-hybridized carbons (Fsp3) is 0.304. The molecule has 0 saturated carbocycles. The first-order valence-electron chi connectivity index (χ1n) is 10.9. The molecular weight excluding hydrogens is 546 g/mol. The van der Waals surface area contributed by atoms with Crippen LogP contribution in [0.5, 0.6) is 0 Å². The van der Waals surface area contributed by atoms with E-state index >= 15 is 0 Å². The Hall–Kier alpha value is -2.05. The summed E-state index contributed by atoms with van der Waals surface area (Å²) in [6.07, 6.45) is 5.78. The van der Waals surface area contributed by atoms with Gasteiger partial charge in [-0.3, -0.25) is 23.9 Å². The van der Waals surface area contributed by atoms with Crippen LogP contribution in [0.15, 0.2) is 39.0 Å². The number of thiocarbonyl (C=S) groups is 1. The summed E-state index contributed by atoms with van der Waals surface area (Å²) < 4.78 is 2.69. The van der Waals surface area contributed by atoms with Gasteiger partial charge in [-0.15, -0.1) is 11.3 Å². The first-order valence-corrected chi connectivity index (χ1v) is 14.1. The molecule has 0 aliphatic carbocycles. The standard InChI is InChI=1S/C23H22ClN3O4S4/c1-3-5-10-26-14-11-13(24)6-7-15(14)33-17(26)9-8-16-20(30)25(4-2)22(34-16)19-21(31)27(12-18(28)29)23(32)35-19/h6-9,11H,3-5,10,12H2,1-2H3,(H,28,29). The number of anilines is 1. The number of aromatic nitrogens is 1. The van der Waals surface area contributed by atoms with Gasteiger partial charge in [0.2, 0.25) is 0 Å². The Labute approximate surface area is 224 Å². The van der Waals surface area contributed by atoms with Crippen molar-refractivity contribution in [2.75, 3.05) is 18.0 Å². The van der Waals surface area contributed by atoms with Gasteiger partial charge in [0.1, 0.15) is 20.4 Å². The molecule has 1 fully saturated rings. The van der Waals surface area contributed by atoms with Gasteiger partial charge < -0.3 is 10.0 Å². The Morgan fingerprint density at radius 2 is 1.94 bits per heavy atom. The summed E-state index contributed by atoms with van der Waals surface area (Å²) >= 11 is 15.3. The number of hydrogen-bond donors (Lipinski definition) is 1. The van der Waals surface area contributed by atoms with Gasteiger partial charge in [0.15, 0.2) is 0 Å². The molecule has 1 N–H and O–H groups in total. The van der Waals surface area contributed by atoms with E-state index in [1.807, 2.05) is 31.2 Å². The number of nitrogens with zero attached hydrogens (tertiary/aromatic N) is 3. The van der Waals surface area contributed by atoms with Gasteiger partial charge in [0.05, 0.1) is 15.2 Å². The molecule has 0 bridgehead atoms. The number of halogens is 1. The zero-order valence-electron chi connectivity index (χ0n) is 18.9. The highest BCUT2D eigenvalue weighted by atomic mass is 35.5. The minimum atomic E-state index is -1.15. The quantitative estimate of drug-likeness (QED) is 0.508. The highest BCUT2D eigenvalue weighted by molar-refractivity contribution is 8.30. The zero-order chi connectivity index (χ0) is 25.3. The van der Waals surface area contributed by atoms with Crippen molar-refractivity contribution in [3.63, 3.8) is 0 Å². The van der Waals surface area contributed by atoms with E-state index in [0.717, 1.165) is 51.7 Å². The average molecular weight is 568 g/mol. The molecule has 0 unspecified atom stereocenters. The average Bonchev–Trinajstić information content (AvgIpc) is 3.42. The van der Waals surface area contributed by atoms with Crippen molar-refractivity contribution in [3.05, 3.63) is 53.9 Å². The topological polar surface area (TPSA) is 82.8 Å². The number of carboxylic acid groups (broad SMARTS) is 1. The van der Waals surface area contributed by atoms with Crippen molar-refractivity contribution in [2.24, 2.45) is 0 Å². The number of carboxylic acids is 1. The molecule has 1 aromatic heterocycles. The largest absolute Gasteiger partial charge is 0.480 e. The third-order valence-corrected chi connectivity index (χ3v) is 9.45. The van der Waals surface area contributed by atoms with Crippen molar-refractivity contribution in [2.45, 2.75) is 38.1 Å². The van der Waals surface area contributed by atoms with Crippen molar-refractivity contribution < 1.29 is 14.7 Å². The first-order chi connectivity index (χ1) is 16.7. The van der Waals surface area contributed by atoms with Gasteiger partial charge >= 0.3 is 5.97 Å². The number of fused-ring (bicyclic) bond motifs is 1. The maximum Gasteiger partial charge on any atom is 0.323 e. The second-order valence-electron chi connectivity index (χ2n) is 7.69. The van der Waals surface area contributed by atoms with Crippen LogP contribution in [0.1, 0.15) is 26.7 Å². The smallest absolute Gasteiger partial charge is 0.323 e. The number of hydrogen-bond acceptors (Lipinski definition) is 8.